The lowest BCUT2D eigenvalue weighted by Gasteiger charge is -2.30. The van der Waals surface area contributed by atoms with Crippen molar-refractivity contribution < 1.29 is 9.90 Å². The molecule has 4 nitrogen and oxygen atoms in total. The van der Waals surface area contributed by atoms with Gasteiger partial charge in [-0.3, -0.25) is 4.79 Å². The third-order valence-corrected chi connectivity index (χ3v) is 2.91. The first kappa shape index (κ1) is 10.5. The quantitative estimate of drug-likeness (QED) is 0.545. The van der Waals surface area contributed by atoms with Crippen LogP contribution in [-0.4, -0.2) is 23.7 Å². The van der Waals surface area contributed by atoms with Crippen LogP contribution in [0.5, 0.6) is 0 Å². The zero-order valence-corrected chi connectivity index (χ0v) is 7.78. The summed E-state index contributed by atoms with van der Waals surface area (Å²) < 4.78 is 0. The van der Waals surface area contributed by atoms with Crippen molar-refractivity contribution in [1.29, 1.82) is 0 Å². The van der Waals surface area contributed by atoms with Gasteiger partial charge in [0.1, 0.15) is 0 Å². The van der Waals surface area contributed by atoms with Crippen molar-refractivity contribution in [3.8, 4) is 0 Å². The number of aliphatic hydroxyl groups is 1. The van der Waals surface area contributed by atoms with E-state index in [1.165, 1.54) is 19.3 Å². The van der Waals surface area contributed by atoms with E-state index in [2.05, 4.69) is 0 Å². The van der Waals surface area contributed by atoms with Crippen molar-refractivity contribution in [1.82, 2.24) is 0 Å². The number of carbonyl (C=O) groups is 1. The van der Waals surface area contributed by atoms with Crippen molar-refractivity contribution in [2.24, 2.45) is 23.3 Å². The summed E-state index contributed by atoms with van der Waals surface area (Å²) >= 11 is 0. The molecular formula is C9H18N2O2. The van der Waals surface area contributed by atoms with Crippen molar-refractivity contribution in [3.05, 3.63) is 0 Å². The monoisotopic (exact) mass is 186 g/mol. The maximum absolute atomic E-state index is 10.8. The van der Waals surface area contributed by atoms with E-state index in [0.29, 0.717) is 5.92 Å². The van der Waals surface area contributed by atoms with Crippen LogP contribution in [0, 0.1) is 11.8 Å². The highest BCUT2D eigenvalue weighted by molar-refractivity contribution is 5.77. The summed E-state index contributed by atoms with van der Waals surface area (Å²) in [7, 11) is 0. The first-order valence-corrected chi connectivity index (χ1v) is 4.81. The molecule has 1 fully saturated rings. The summed E-state index contributed by atoms with van der Waals surface area (Å²) in [5, 5.41) is 8.89. The van der Waals surface area contributed by atoms with E-state index in [1.807, 2.05) is 0 Å². The van der Waals surface area contributed by atoms with Crippen LogP contribution in [-0.2, 0) is 4.79 Å². The molecule has 1 aliphatic rings. The summed E-state index contributed by atoms with van der Waals surface area (Å²) in [6, 6.07) is -0.271. The standard InChI is InChI=1S/C9H18N2O2/c10-8(4-6-2-1-3-6)7(5-12)9(11)13/h6-8,12H,1-5,10H2,(H2,11,13). The van der Waals surface area contributed by atoms with Gasteiger partial charge in [0.2, 0.25) is 5.91 Å². The van der Waals surface area contributed by atoms with Crippen LogP contribution < -0.4 is 11.5 Å². The van der Waals surface area contributed by atoms with Crippen LogP contribution in [0.4, 0.5) is 0 Å². The van der Waals surface area contributed by atoms with Gasteiger partial charge >= 0.3 is 0 Å². The Hall–Kier alpha value is -0.610. The Labute approximate surface area is 78.3 Å². The first-order chi connectivity index (χ1) is 6.15. The minimum Gasteiger partial charge on any atom is -0.395 e. The van der Waals surface area contributed by atoms with Crippen molar-refractivity contribution in [2.75, 3.05) is 6.61 Å². The zero-order valence-electron chi connectivity index (χ0n) is 7.78. The Kier molecular flexibility index (Phi) is 3.69. The van der Waals surface area contributed by atoms with E-state index in [0.717, 1.165) is 6.42 Å². The van der Waals surface area contributed by atoms with E-state index in [4.69, 9.17) is 16.6 Å². The average Bonchev–Trinajstić information content (AvgIpc) is 1.97. The predicted octanol–water partition coefficient (Wildman–Crippen LogP) is -0.402. The van der Waals surface area contributed by atoms with Crippen molar-refractivity contribution in [3.63, 3.8) is 0 Å². The summed E-state index contributed by atoms with van der Waals surface area (Å²) in [5.74, 6) is -0.418. The molecule has 0 aliphatic heterocycles. The van der Waals surface area contributed by atoms with Gasteiger partial charge in [0, 0.05) is 6.04 Å². The fourth-order valence-electron chi connectivity index (χ4n) is 1.71. The molecule has 1 amide bonds. The molecule has 1 rings (SSSR count). The van der Waals surface area contributed by atoms with E-state index in [-0.39, 0.29) is 12.6 Å². The largest absolute Gasteiger partial charge is 0.395 e. The molecule has 0 heterocycles. The fourth-order valence-corrected chi connectivity index (χ4v) is 1.71. The number of carbonyl (C=O) groups excluding carboxylic acids is 1. The number of primary amides is 1. The average molecular weight is 186 g/mol. The number of hydrogen-bond acceptors (Lipinski definition) is 3. The molecular weight excluding hydrogens is 168 g/mol. The maximum atomic E-state index is 10.8. The third-order valence-electron chi connectivity index (χ3n) is 2.91. The molecule has 0 aromatic heterocycles. The molecule has 0 aromatic carbocycles. The second-order valence-corrected chi connectivity index (χ2v) is 3.89. The molecule has 0 aromatic rings. The summed E-state index contributed by atoms with van der Waals surface area (Å²) in [6.07, 6.45) is 4.47. The van der Waals surface area contributed by atoms with E-state index < -0.39 is 11.8 Å². The molecule has 13 heavy (non-hydrogen) atoms. The van der Waals surface area contributed by atoms with Gasteiger partial charge in [0.15, 0.2) is 0 Å². The molecule has 2 atom stereocenters. The third kappa shape index (κ3) is 2.67. The zero-order chi connectivity index (χ0) is 9.84. The number of rotatable bonds is 5. The molecule has 1 saturated carbocycles. The highest BCUT2D eigenvalue weighted by Crippen LogP contribution is 2.31. The molecule has 0 saturated heterocycles. The molecule has 0 spiro atoms. The Bertz CT molecular complexity index is 180. The van der Waals surface area contributed by atoms with Crippen LogP contribution in [0.3, 0.4) is 0 Å². The van der Waals surface area contributed by atoms with Gasteiger partial charge in [-0.05, 0) is 12.3 Å². The Morgan fingerprint density at radius 3 is 2.46 bits per heavy atom. The lowest BCUT2D eigenvalue weighted by atomic mass is 9.78. The molecule has 0 radical (unpaired) electrons. The molecule has 4 heteroatoms. The Balaban J connectivity index is 2.33. The van der Waals surface area contributed by atoms with Gasteiger partial charge in [0.25, 0.3) is 0 Å². The lowest BCUT2D eigenvalue weighted by Crippen LogP contribution is -2.43. The maximum Gasteiger partial charge on any atom is 0.224 e. The lowest BCUT2D eigenvalue weighted by molar-refractivity contribution is -0.123. The summed E-state index contributed by atoms with van der Waals surface area (Å²) in [5.41, 5.74) is 10.9. The van der Waals surface area contributed by atoms with E-state index >= 15 is 0 Å². The van der Waals surface area contributed by atoms with Gasteiger partial charge in [-0.1, -0.05) is 19.3 Å². The normalized spacial score (nSPS) is 22.0. The van der Waals surface area contributed by atoms with Crippen LogP contribution in [0.2, 0.25) is 0 Å². The number of amides is 1. The second-order valence-electron chi connectivity index (χ2n) is 3.89. The highest BCUT2D eigenvalue weighted by atomic mass is 16.3. The highest BCUT2D eigenvalue weighted by Gasteiger charge is 2.27. The Morgan fingerprint density at radius 1 is 1.54 bits per heavy atom. The molecule has 1 aliphatic carbocycles. The molecule has 5 N–H and O–H groups in total. The van der Waals surface area contributed by atoms with Gasteiger partial charge in [-0.25, -0.2) is 0 Å². The van der Waals surface area contributed by atoms with Gasteiger partial charge in [-0.2, -0.15) is 0 Å². The van der Waals surface area contributed by atoms with Crippen LogP contribution >= 0.6 is 0 Å². The number of aliphatic hydroxyl groups excluding tert-OH is 1. The SMILES string of the molecule is NC(=O)C(CO)C(N)CC1CCC1. The molecule has 2 unspecified atom stereocenters. The van der Waals surface area contributed by atoms with Crippen LogP contribution in [0.25, 0.3) is 0 Å². The smallest absolute Gasteiger partial charge is 0.224 e. The van der Waals surface area contributed by atoms with Gasteiger partial charge < -0.3 is 16.6 Å². The number of hydrogen-bond donors (Lipinski definition) is 3. The first-order valence-electron chi connectivity index (χ1n) is 4.81. The Morgan fingerprint density at radius 2 is 2.15 bits per heavy atom. The van der Waals surface area contributed by atoms with Crippen LogP contribution in [0.15, 0.2) is 0 Å². The topological polar surface area (TPSA) is 89.3 Å². The molecule has 76 valence electrons. The van der Waals surface area contributed by atoms with E-state index in [9.17, 15) is 4.79 Å². The minimum atomic E-state index is -0.569. The second kappa shape index (κ2) is 4.58. The van der Waals surface area contributed by atoms with E-state index in [1.54, 1.807) is 0 Å². The van der Waals surface area contributed by atoms with Crippen molar-refractivity contribution in [2.45, 2.75) is 31.7 Å². The summed E-state index contributed by atoms with van der Waals surface area (Å²) in [6.45, 7) is -0.233. The van der Waals surface area contributed by atoms with Gasteiger partial charge in [-0.15, -0.1) is 0 Å². The van der Waals surface area contributed by atoms with Crippen LogP contribution in [0.1, 0.15) is 25.7 Å². The van der Waals surface area contributed by atoms with Gasteiger partial charge in [0.05, 0.1) is 12.5 Å². The van der Waals surface area contributed by atoms with Crippen molar-refractivity contribution >= 4 is 5.91 Å². The molecule has 0 bridgehead atoms. The predicted molar refractivity (Wildman–Crippen MR) is 49.7 cm³/mol. The minimum absolute atomic E-state index is 0.233. The fraction of sp³-hybridized carbons (Fsp3) is 0.889. The summed E-state index contributed by atoms with van der Waals surface area (Å²) in [4.78, 5) is 10.8. The number of nitrogens with two attached hydrogens (primary N) is 2.